The van der Waals surface area contributed by atoms with Crippen LogP contribution in [0.2, 0.25) is 10.0 Å². The number of thiol groups is 1. The van der Waals surface area contributed by atoms with E-state index in [2.05, 4.69) is 41.4 Å². The SMILES string of the molecule is Cc1c(C#N)c(Nc2ccc(Cl)c(S(=O)(=O)O)c2)nc(Nc2ccc(Cl)c([SH](=O)=O)c2)c1N=Nc1sc(N=Nc2cc(C(=O)O)cc(C(=O)O)c2)c(-c2cccc(NC(=O)CCC(=O)O)c2)c1C#N. The minimum atomic E-state index is -4.81. The molecule has 6 aromatic rings. The lowest BCUT2D eigenvalue weighted by Gasteiger charge is -2.16. The lowest BCUT2D eigenvalue weighted by molar-refractivity contribution is -0.138. The van der Waals surface area contributed by atoms with Crippen molar-refractivity contribution >= 4 is 129 Å². The fourth-order valence-corrected chi connectivity index (χ4v) is 8.88. The molecule has 4 aromatic carbocycles. The van der Waals surface area contributed by atoms with Gasteiger partial charge in [0.2, 0.25) is 5.91 Å². The molecular weight excluding hydrogens is 1000 g/mol. The molecule has 7 N–H and O–H groups in total. The molecule has 0 saturated carbocycles. The van der Waals surface area contributed by atoms with Crippen molar-refractivity contribution in [1.82, 2.24) is 4.98 Å². The summed E-state index contributed by atoms with van der Waals surface area (Å²) in [4.78, 5) is 50.9. The van der Waals surface area contributed by atoms with Crippen molar-refractivity contribution in [2.24, 2.45) is 20.5 Å². The number of amides is 1. The molecule has 0 aliphatic carbocycles. The first-order valence-corrected chi connectivity index (χ1v) is 23.2. The third-order valence-corrected chi connectivity index (χ3v) is 12.8. The fourth-order valence-electron chi connectivity index (χ4n) is 6.14. The van der Waals surface area contributed by atoms with Crippen LogP contribution in [-0.2, 0) is 30.4 Å². The summed E-state index contributed by atoms with van der Waals surface area (Å²) in [5.41, 5.74) is -0.942. The van der Waals surface area contributed by atoms with Gasteiger partial charge >= 0.3 is 17.9 Å². The highest BCUT2D eigenvalue weighted by Gasteiger charge is 2.24. The van der Waals surface area contributed by atoms with Crippen LogP contribution in [0.4, 0.5) is 50.1 Å². The highest BCUT2D eigenvalue weighted by Crippen LogP contribution is 2.49. The Morgan fingerprint density at radius 3 is 1.99 bits per heavy atom. The zero-order valence-corrected chi connectivity index (χ0v) is 38.7. The maximum Gasteiger partial charge on any atom is 0.335 e. The summed E-state index contributed by atoms with van der Waals surface area (Å²) in [6.45, 7) is 1.44. The summed E-state index contributed by atoms with van der Waals surface area (Å²) < 4.78 is 57.8. The number of nitrogens with one attached hydrogen (secondary N) is 3. The van der Waals surface area contributed by atoms with Crippen molar-refractivity contribution in [1.29, 1.82) is 10.5 Å². The van der Waals surface area contributed by atoms with Gasteiger partial charge in [-0.15, -0.1) is 20.5 Å². The predicted molar refractivity (Wildman–Crippen MR) is 250 cm³/mol. The van der Waals surface area contributed by atoms with Crippen LogP contribution in [0.1, 0.15) is 50.2 Å². The van der Waals surface area contributed by atoms with Gasteiger partial charge in [0.25, 0.3) is 10.1 Å². The lowest BCUT2D eigenvalue weighted by Crippen LogP contribution is -2.13. The smallest absolute Gasteiger partial charge is 0.335 e. The Balaban J connectivity index is 1.55. The van der Waals surface area contributed by atoms with Gasteiger partial charge in [0.15, 0.2) is 27.3 Å². The maximum atomic E-state index is 12.6. The molecule has 350 valence electrons. The fraction of sp³-hybridized carbons (Fsp3) is 0.0714. The molecule has 2 aromatic heterocycles. The van der Waals surface area contributed by atoms with Crippen LogP contribution in [0, 0.1) is 29.6 Å². The van der Waals surface area contributed by atoms with Crippen molar-refractivity contribution in [2.45, 2.75) is 29.6 Å². The van der Waals surface area contributed by atoms with E-state index in [1.165, 1.54) is 55.5 Å². The Morgan fingerprint density at radius 1 is 0.754 bits per heavy atom. The minimum Gasteiger partial charge on any atom is -0.481 e. The molecule has 0 aliphatic rings. The topological polar surface area (TPSA) is 363 Å². The van der Waals surface area contributed by atoms with Gasteiger partial charge in [-0.25, -0.2) is 23.0 Å². The van der Waals surface area contributed by atoms with Crippen LogP contribution in [-0.4, -0.2) is 65.5 Å². The Bertz CT molecular complexity index is 3450. The Morgan fingerprint density at radius 2 is 1.38 bits per heavy atom. The lowest BCUT2D eigenvalue weighted by atomic mass is 10.0. The number of benzene rings is 4. The zero-order valence-electron chi connectivity index (χ0n) is 34.6. The molecule has 0 radical (unpaired) electrons. The van der Waals surface area contributed by atoms with Crippen LogP contribution in [0.25, 0.3) is 11.1 Å². The number of thiophene rings is 1. The summed E-state index contributed by atoms with van der Waals surface area (Å²) >= 11 is 12.8. The second-order valence-corrected chi connectivity index (χ2v) is 18.1. The number of carboxylic acids is 3. The summed E-state index contributed by atoms with van der Waals surface area (Å²) in [5.74, 6) is -5.15. The summed E-state index contributed by atoms with van der Waals surface area (Å²) in [6.07, 6.45) is -0.813. The number of hydrogen-bond acceptors (Lipinski definition) is 18. The number of halogens is 2. The molecule has 69 heavy (non-hydrogen) atoms. The number of pyridine rings is 1. The highest BCUT2D eigenvalue weighted by atomic mass is 35.5. The Kier molecular flexibility index (Phi) is 15.4. The maximum absolute atomic E-state index is 12.6. The van der Waals surface area contributed by atoms with Crippen molar-refractivity contribution in [3.05, 3.63) is 117 Å². The van der Waals surface area contributed by atoms with Gasteiger partial charge in [0.05, 0.1) is 43.7 Å². The van der Waals surface area contributed by atoms with Crippen LogP contribution in [0.5, 0.6) is 0 Å². The molecule has 22 nitrogen and oxygen atoms in total. The molecule has 2 heterocycles. The Hall–Kier alpha value is -8.17. The van der Waals surface area contributed by atoms with Crippen LogP contribution in [0.3, 0.4) is 0 Å². The third kappa shape index (κ3) is 12.1. The summed E-state index contributed by atoms with van der Waals surface area (Å²) in [5, 5.41) is 74.1. The van der Waals surface area contributed by atoms with Gasteiger partial charge in [0, 0.05) is 34.6 Å². The standard InChI is InChI=1S/C42H28Cl2N10O12S3/c1-19-27(17-45)37(48-25-6-8-30(44)32(16-25)69(64,65)66)50-38(49-24-5-7-29(43)31(15-24)68(62)63)36(19)52-53-39-28(18-46)35(20-3-2-4-23(12-20)47-33(55)9-10-34(56)57)40(67-39)54-51-26-13-21(41(58)59)11-22(14-26)42(60)61/h2-8,11-16,68H,9-10H2,1H3,(H,47,55)(H,56,57)(H,58,59)(H,60,61)(H2,48,49,50)(H,64,65,66). The van der Waals surface area contributed by atoms with Gasteiger partial charge < -0.3 is 31.3 Å². The van der Waals surface area contributed by atoms with E-state index in [1.807, 2.05) is 12.1 Å². The zero-order chi connectivity index (χ0) is 50.3. The average molecular weight is 1030 g/mol. The monoisotopic (exact) mass is 1030 g/mol. The number of carbonyl (C=O) groups is 4. The second-order valence-electron chi connectivity index (χ2n) is 13.9. The first kappa shape index (κ1) is 50.2. The van der Waals surface area contributed by atoms with Gasteiger partial charge in [-0.3, -0.25) is 14.1 Å². The van der Waals surface area contributed by atoms with Gasteiger partial charge in [0.1, 0.15) is 33.3 Å². The molecular formula is C42H28Cl2N10O12S3. The van der Waals surface area contributed by atoms with E-state index in [1.54, 1.807) is 0 Å². The minimum absolute atomic E-state index is 0.00267. The van der Waals surface area contributed by atoms with Gasteiger partial charge in [-0.05, 0) is 79.2 Å². The molecule has 27 heteroatoms. The van der Waals surface area contributed by atoms with Gasteiger partial charge in [-0.1, -0.05) is 46.7 Å². The number of hydrogen-bond donors (Lipinski definition) is 8. The van der Waals surface area contributed by atoms with Crippen LogP contribution >= 0.6 is 34.5 Å². The molecule has 0 aliphatic heterocycles. The number of rotatable bonds is 17. The van der Waals surface area contributed by atoms with E-state index in [4.69, 9.17) is 28.3 Å². The van der Waals surface area contributed by atoms with E-state index < -0.39 is 67.1 Å². The largest absolute Gasteiger partial charge is 0.481 e. The molecule has 0 bridgehead atoms. The number of azo groups is 2. The quantitative estimate of drug-likeness (QED) is 0.0239. The number of aromatic nitrogens is 1. The summed E-state index contributed by atoms with van der Waals surface area (Å²) in [7, 11) is -8.01. The van der Waals surface area contributed by atoms with E-state index in [0.717, 1.165) is 41.7 Å². The number of anilines is 5. The number of carbonyl (C=O) groups excluding carboxylic acids is 1. The van der Waals surface area contributed by atoms with Gasteiger partial charge in [-0.2, -0.15) is 18.9 Å². The molecule has 0 fully saturated rings. The third-order valence-electron chi connectivity index (χ3n) is 9.30. The second kappa shape index (κ2) is 21.2. The molecule has 0 unspecified atom stereocenters. The Labute approximate surface area is 404 Å². The molecule has 0 spiro atoms. The van der Waals surface area contributed by atoms with Crippen molar-refractivity contribution in [2.75, 3.05) is 16.0 Å². The van der Waals surface area contributed by atoms with Crippen molar-refractivity contribution < 1.29 is 55.9 Å². The van der Waals surface area contributed by atoms with Crippen molar-refractivity contribution in [3.8, 4) is 23.3 Å². The van der Waals surface area contributed by atoms with E-state index in [-0.39, 0.29) is 99.3 Å². The predicted octanol–water partition coefficient (Wildman–Crippen LogP) is 9.90. The number of nitrogens with zero attached hydrogens (tertiary/aromatic N) is 7. The summed E-state index contributed by atoms with van der Waals surface area (Å²) in [6, 6.07) is 20.4. The first-order chi connectivity index (χ1) is 32.7. The van der Waals surface area contributed by atoms with Crippen LogP contribution < -0.4 is 16.0 Å². The molecule has 6 rings (SSSR count). The van der Waals surface area contributed by atoms with E-state index in [9.17, 15) is 61.3 Å². The molecule has 0 saturated heterocycles. The van der Waals surface area contributed by atoms with Crippen LogP contribution in [0.15, 0.2) is 109 Å². The molecule has 0 atom stereocenters. The number of carboxylic acid groups (broad SMARTS) is 3. The van der Waals surface area contributed by atoms with E-state index in [0.29, 0.717) is 0 Å². The molecule has 1 amide bonds. The first-order valence-electron chi connectivity index (χ1n) is 19.0. The average Bonchev–Trinajstić information content (AvgIpc) is 3.65. The van der Waals surface area contributed by atoms with E-state index >= 15 is 0 Å². The normalized spacial score (nSPS) is 11.3. The number of aliphatic carboxylic acids is 1. The van der Waals surface area contributed by atoms with Crippen molar-refractivity contribution in [3.63, 3.8) is 0 Å². The highest BCUT2D eigenvalue weighted by molar-refractivity contribution is 7.86. The number of aromatic carboxylic acids is 2. The number of nitriles is 2.